The van der Waals surface area contributed by atoms with E-state index in [1.807, 2.05) is 4.68 Å². The highest BCUT2D eigenvalue weighted by molar-refractivity contribution is 9.10. The minimum absolute atomic E-state index is 0.144. The van der Waals surface area contributed by atoms with Gasteiger partial charge in [0.25, 0.3) is 0 Å². The maximum Gasteiger partial charge on any atom is 0.133 e. The molecular formula is C13H21BrN2O2. The smallest absolute Gasteiger partial charge is 0.133 e. The van der Waals surface area contributed by atoms with Gasteiger partial charge in [-0.05, 0) is 41.6 Å². The SMILES string of the molecule is CCCn1ncc(Br)c1C1(O)CCCCC1OC. The highest BCUT2D eigenvalue weighted by atomic mass is 79.9. The van der Waals surface area contributed by atoms with Crippen molar-refractivity contribution < 1.29 is 9.84 Å². The van der Waals surface area contributed by atoms with Crippen LogP contribution in [0.1, 0.15) is 44.7 Å². The molecule has 0 saturated heterocycles. The van der Waals surface area contributed by atoms with Gasteiger partial charge in [-0.25, -0.2) is 0 Å². The number of aliphatic hydroxyl groups is 1. The van der Waals surface area contributed by atoms with Crippen LogP contribution >= 0.6 is 15.9 Å². The molecule has 4 nitrogen and oxygen atoms in total. The molecule has 1 aliphatic carbocycles. The summed E-state index contributed by atoms with van der Waals surface area (Å²) >= 11 is 3.52. The minimum Gasteiger partial charge on any atom is -0.381 e. The van der Waals surface area contributed by atoms with Crippen molar-refractivity contribution in [1.82, 2.24) is 9.78 Å². The van der Waals surface area contributed by atoms with E-state index in [1.54, 1.807) is 13.3 Å². The Balaban J connectivity index is 2.40. The van der Waals surface area contributed by atoms with Crippen molar-refractivity contribution in [2.75, 3.05) is 7.11 Å². The number of rotatable bonds is 4. The minimum atomic E-state index is -0.919. The van der Waals surface area contributed by atoms with Crippen LogP contribution in [0.15, 0.2) is 10.7 Å². The average Bonchev–Trinajstić information content (AvgIpc) is 2.72. The number of hydrogen-bond donors (Lipinski definition) is 1. The molecule has 1 aliphatic rings. The fraction of sp³-hybridized carbons (Fsp3) is 0.769. The van der Waals surface area contributed by atoms with Crippen LogP contribution in [0.25, 0.3) is 0 Å². The lowest BCUT2D eigenvalue weighted by molar-refractivity contribution is -0.127. The van der Waals surface area contributed by atoms with Crippen LogP contribution in [0.3, 0.4) is 0 Å². The van der Waals surface area contributed by atoms with E-state index in [9.17, 15) is 5.11 Å². The Morgan fingerprint density at radius 2 is 2.39 bits per heavy atom. The predicted molar refractivity (Wildman–Crippen MR) is 73.4 cm³/mol. The van der Waals surface area contributed by atoms with Crippen molar-refractivity contribution in [3.05, 3.63) is 16.4 Å². The lowest BCUT2D eigenvalue weighted by Crippen LogP contribution is -2.45. The third-order valence-electron chi connectivity index (χ3n) is 3.73. The van der Waals surface area contributed by atoms with Gasteiger partial charge in [0.1, 0.15) is 5.60 Å². The summed E-state index contributed by atoms with van der Waals surface area (Å²) in [7, 11) is 1.68. The lowest BCUT2D eigenvalue weighted by atomic mass is 9.79. The topological polar surface area (TPSA) is 47.3 Å². The predicted octanol–water partition coefficient (Wildman–Crippen LogP) is 2.83. The van der Waals surface area contributed by atoms with Crippen molar-refractivity contribution in [3.8, 4) is 0 Å². The molecule has 102 valence electrons. The summed E-state index contributed by atoms with van der Waals surface area (Å²) in [5.74, 6) is 0. The van der Waals surface area contributed by atoms with Gasteiger partial charge in [0.05, 0.1) is 22.5 Å². The second-order valence-electron chi connectivity index (χ2n) is 4.96. The number of aryl methyl sites for hydroxylation is 1. The standard InChI is InChI=1S/C13H21BrN2O2/c1-3-8-16-12(10(14)9-15-16)13(17)7-5-4-6-11(13)18-2/h9,11,17H,3-8H2,1-2H3. The maximum atomic E-state index is 11.1. The van der Waals surface area contributed by atoms with Gasteiger partial charge in [-0.1, -0.05) is 13.3 Å². The number of ether oxygens (including phenoxy) is 1. The molecule has 1 heterocycles. The van der Waals surface area contributed by atoms with E-state index in [2.05, 4.69) is 28.0 Å². The van der Waals surface area contributed by atoms with Crippen LogP contribution in [0, 0.1) is 0 Å². The van der Waals surface area contributed by atoms with Crippen LogP contribution in [-0.2, 0) is 16.9 Å². The van der Waals surface area contributed by atoms with E-state index in [1.165, 1.54) is 0 Å². The Labute approximate surface area is 116 Å². The summed E-state index contributed by atoms with van der Waals surface area (Å²) in [4.78, 5) is 0. The molecule has 2 unspecified atom stereocenters. The van der Waals surface area contributed by atoms with Crippen molar-refractivity contribution in [2.45, 2.75) is 57.3 Å². The molecule has 1 fully saturated rings. The summed E-state index contributed by atoms with van der Waals surface area (Å²) in [6.45, 7) is 2.93. The number of nitrogens with zero attached hydrogens (tertiary/aromatic N) is 2. The van der Waals surface area contributed by atoms with E-state index in [0.717, 1.165) is 48.8 Å². The summed E-state index contributed by atoms with van der Waals surface area (Å²) in [5.41, 5.74) is -0.0479. The Hall–Kier alpha value is -0.390. The molecule has 1 aromatic heterocycles. The van der Waals surface area contributed by atoms with Gasteiger partial charge >= 0.3 is 0 Å². The maximum absolute atomic E-state index is 11.1. The van der Waals surface area contributed by atoms with Gasteiger partial charge in [-0.2, -0.15) is 5.10 Å². The first kappa shape index (κ1) is 14.0. The van der Waals surface area contributed by atoms with Crippen molar-refractivity contribution in [1.29, 1.82) is 0 Å². The Morgan fingerprint density at radius 3 is 3.06 bits per heavy atom. The van der Waals surface area contributed by atoms with Crippen LogP contribution in [0.4, 0.5) is 0 Å². The summed E-state index contributed by atoms with van der Waals surface area (Å²) in [6.07, 6.45) is 6.39. The van der Waals surface area contributed by atoms with Crippen molar-refractivity contribution in [3.63, 3.8) is 0 Å². The number of halogens is 1. The molecule has 0 bridgehead atoms. The quantitative estimate of drug-likeness (QED) is 0.929. The lowest BCUT2D eigenvalue weighted by Gasteiger charge is -2.39. The molecule has 0 aliphatic heterocycles. The van der Waals surface area contributed by atoms with Gasteiger partial charge in [0.2, 0.25) is 0 Å². The molecule has 1 N–H and O–H groups in total. The molecule has 2 atom stereocenters. The molecule has 18 heavy (non-hydrogen) atoms. The Morgan fingerprint density at radius 1 is 1.61 bits per heavy atom. The molecule has 0 spiro atoms. The molecule has 0 amide bonds. The second-order valence-corrected chi connectivity index (χ2v) is 5.81. The first-order valence-corrected chi connectivity index (χ1v) is 7.39. The van der Waals surface area contributed by atoms with Crippen LogP contribution in [0.5, 0.6) is 0 Å². The molecule has 0 aromatic carbocycles. The van der Waals surface area contributed by atoms with Gasteiger partial charge < -0.3 is 9.84 Å². The zero-order chi connectivity index (χ0) is 13.2. The van der Waals surface area contributed by atoms with Crippen LogP contribution < -0.4 is 0 Å². The zero-order valence-electron chi connectivity index (χ0n) is 11.0. The molecule has 1 aromatic rings. The van der Waals surface area contributed by atoms with Crippen LogP contribution in [0.2, 0.25) is 0 Å². The molecular weight excluding hydrogens is 296 g/mol. The number of aromatic nitrogens is 2. The summed E-state index contributed by atoms with van der Waals surface area (Å²) < 4.78 is 8.29. The Kier molecular flexibility index (Phi) is 4.45. The first-order valence-electron chi connectivity index (χ1n) is 6.60. The van der Waals surface area contributed by atoms with Crippen molar-refractivity contribution >= 4 is 15.9 Å². The third-order valence-corrected chi connectivity index (χ3v) is 4.31. The fourth-order valence-corrected chi connectivity index (χ4v) is 3.52. The highest BCUT2D eigenvalue weighted by Crippen LogP contribution is 2.41. The molecule has 1 saturated carbocycles. The monoisotopic (exact) mass is 316 g/mol. The van der Waals surface area contributed by atoms with E-state index in [-0.39, 0.29) is 6.10 Å². The highest BCUT2D eigenvalue weighted by Gasteiger charge is 2.44. The van der Waals surface area contributed by atoms with Crippen molar-refractivity contribution in [2.24, 2.45) is 0 Å². The van der Waals surface area contributed by atoms with Gasteiger partial charge in [0, 0.05) is 13.7 Å². The summed E-state index contributed by atoms with van der Waals surface area (Å²) in [5, 5.41) is 15.4. The largest absolute Gasteiger partial charge is 0.381 e. The zero-order valence-corrected chi connectivity index (χ0v) is 12.6. The molecule has 2 rings (SSSR count). The van der Waals surface area contributed by atoms with E-state index in [4.69, 9.17) is 4.74 Å². The van der Waals surface area contributed by atoms with E-state index < -0.39 is 5.60 Å². The third kappa shape index (κ3) is 2.36. The Bertz CT molecular complexity index is 408. The number of methoxy groups -OCH3 is 1. The van der Waals surface area contributed by atoms with Gasteiger partial charge in [-0.15, -0.1) is 0 Å². The molecule has 0 radical (unpaired) electrons. The first-order chi connectivity index (χ1) is 8.63. The normalized spacial score (nSPS) is 28.6. The van der Waals surface area contributed by atoms with E-state index >= 15 is 0 Å². The van der Waals surface area contributed by atoms with Gasteiger partial charge in [0.15, 0.2) is 0 Å². The van der Waals surface area contributed by atoms with Gasteiger partial charge in [-0.3, -0.25) is 4.68 Å². The van der Waals surface area contributed by atoms with Crippen LogP contribution in [-0.4, -0.2) is 28.1 Å². The fourth-order valence-electron chi connectivity index (χ4n) is 2.88. The molecule has 5 heteroatoms. The second kappa shape index (κ2) is 5.72. The summed E-state index contributed by atoms with van der Waals surface area (Å²) in [6, 6.07) is 0. The number of hydrogen-bond acceptors (Lipinski definition) is 3. The van der Waals surface area contributed by atoms with E-state index in [0.29, 0.717) is 0 Å². The average molecular weight is 317 g/mol.